The van der Waals surface area contributed by atoms with Crippen molar-refractivity contribution in [2.75, 3.05) is 26.2 Å². The van der Waals surface area contributed by atoms with E-state index < -0.39 is 15.8 Å². The molecule has 0 atom stereocenters. The fraction of sp³-hybridized carbons (Fsp3) is 0.529. The Morgan fingerprint density at radius 2 is 1.81 bits per heavy atom. The molecule has 1 amide bonds. The first kappa shape index (κ1) is 17.3. The SMILES string of the molecule is O=C(C1CCN(S(=O)(=O)c2ccc3[nH]c(=O)oc3c2)CC1)N1CCCC1. The predicted octanol–water partition coefficient (Wildman–Crippen LogP) is 1.14. The number of oxazole rings is 1. The van der Waals surface area contributed by atoms with E-state index in [1.165, 1.54) is 22.5 Å². The summed E-state index contributed by atoms with van der Waals surface area (Å²) < 4.78 is 32.1. The van der Waals surface area contributed by atoms with Crippen molar-refractivity contribution in [1.29, 1.82) is 0 Å². The number of carbonyl (C=O) groups excluding carboxylic acids is 1. The van der Waals surface area contributed by atoms with Crippen LogP contribution in [0.25, 0.3) is 11.1 Å². The van der Waals surface area contributed by atoms with E-state index in [0.717, 1.165) is 25.9 Å². The maximum atomic E-state index is 12.9. The minimum Gasteiger partial charge on any atom is -0.408 e. The van der Waals surface area contributed by atoms with E-state index in [4.69, 9.17) is 4.42 Å². The van der Waals surface area contributed by atoms with Gasteiger partial charge in [0.15, 0.2) is 5.58 Å². The Bertz CT molecular complexity index is 979. The molecule has 1 aromatic heterocycles. The summed E-state index contributed by atoms with van der Waals surface area (Å²) in [5.74, 6) is -0.546. The number of rotatable bonds is 3. The highest BCUT2D eigenvalue weighted by molar-refractivity contribution is 7.89. The minimum absolute atomic E-state index is 0.0928. The summed E-state index contributed by atoms with van der Waals surface area (Å²) in [5.41, 5.74) is 0.680. The lowest BCUT2D eigenvalue weighted by atomic mass is 9.97. The normalized spacial score (nSPS) is 20.1. The zero-order valence-electron chi connectivity index (χ0n) is 14.3. The van der Waals surface area contributed by atoms with Crippen LogP contribution in [-0.2, 0) is 14.8 Å². The third kappa shape index (κ3) is 3.05. The molecule has 0 saturated carbocycles. The van der Waals surface area contributed by atoms with Crippen molar-refractivity contribution in [3.63, 3.8) is 0 Å². The third-order valence-electron chi connectivity index (χ3n) is 5.25. The van der Waals surface area contributed by atoms with Crippen LogP contribution in [0.5, 0.6) is 0 Å². The Morgan fingerprint density at radius 3 is 2.50 bits per heavy atom. The summed E-state index contributed by atoms with van der Waals surface area (Å²) in [6.45, 7) is 2.28. The molecule has 2 aliphatic heterocycles. The molecule has 3 heterocycles. The molecule has 9 heteroatoms. The molecule has 0 radical (unpaired) electrons. The zero-order valence-corrected chi connectivity index (χ0v) is 15.1. The second kappa shape index (κ2) is 6.55. The minimum atomic E-state index is -3.68. The lowest BCUT2D eigenvalue weighted by Crippen LogP contribution is -2.43. The number of hydrogen-bond donors (Lipinski definition) is 1. The number of sulfonamides is 1. The number of H-pyrrole nitrogens is 1. The molecule has 0 aliphatic carbocycles. The van der Waals surface area contributed by atoms with Crippen LogP contribution in [0.1, 0.15) is 25.7 Å². The van der Waals surface area contributed by atoms with E-state index in [-0.39, 0.29) is 22.3 Å². The van der Waals surface area contributed by atoms with Crippen molar-refractivity contribution < 1.29 is 17.6 Å². The molecule has 2 aliphatic rings. The van der Waals surface area contributed by atoms with E-state index >= 15 is 0 Å². The number of aromatic amines is 1. The quantitative estimate of drug-likeness (QED) is 0.861. The Kier molecular flexibility index (Phi) is 4.36. The van der Waals surface area contributed by atoms with Crippen molar-refractivity contribution in [3.05, 3.63) is 28.7 Å². The average Bonchev–Trinajstić information content (AvgIpc) is 3.29. The summed E-state index contributed by atoms with van der Waals surface area (Å²) >= 11 is 0. The standard InChI is InChI=1S/C17H21N3O5S/c21-16(19-7-1-2-8-19)12-5-9-20(10-6-12)26(23,24)13-3-4-14-15(11-13)25-17(22)18-14/h3-4,11-12H,1-2,5-10H2,(H,18,22). The summed E-state index contributed by atoms with van der Waals surface area (Å²) in [4.78, 5) is 28.2. The number of likely N-dealkylation sites (tertiary alicyclic amines) is 1. The van der Waals surface area contributed by atoms with Crippen LogP contribution in [0.15, 0.2) is 32.3 Å². The highest BCUT2D eigenvalue weighted by Gasteiger charge is 2.34. The van der Waals surface area contributed by atoms with Gasteiger partial charge in [-0.25, -0.2) is 13.2 Å². The number of nitrogens with zero attached hydrogens (tertiary/aromatic N) is 2. The predicted molar refractivity (Wildman–Crippen MR) is 94.1 cm³/mol. The van der Waals surface area contributed by atoms with Crippen molar-refractivity contribution >= 4 is 27.0 Å². The average molecular weight is 379 g/mol. The largest absolute Gasteiger partial charge is 0.417 e. The molecule has 140 valence electrons. The number of hydrogen-bond acceptors (Lipinski definition) is 5. The molecule has 0 bridgehead atoms. The molecule has 0 unspecified atom stereocenters. The number of nitrogens with one attached hydrogen (secondary N) is 1. The summed E-state index contributed by atoms with van der Waals surface area (Å²) in [5, 5.41) is 0. The van der Waals surface area contributed by atoms with Crippen molar-refractivity contribution in [3.8, 4) is 0 Å². The molecular formula is C17H21N3O5S. The molecule has 2 saturated heterocycles. The van der Waals surface area contributed by atoms with Crippen LogP contribution in [0.2, 0.25) is 0 Å². The molecule has 2 aromatic rings. The van der Waals surface area contributed by atoms with Crippen molar-refractivity contribution in [2.45, 2.75) is 30.6 Å². The maximum Gasteiger partial charge on any atom is 0.417 e. The molecule has 1 aromatic carbocycles. The van der Waals surface area contributed by atoms with Gasteiger partial charge in [-0.15, -0.1) is 0 Å². The number of fused-ring (bicyclic) bond motifs is 1. The van der Waals surface area contributed by atoms with Gasteiger partial charge in [-0.2, -0.15) is 4.31 Å². The van der Waals surface area contributed by atoms with Gasteiger partial charge in [0, 0.05) is 38.2 Å². The van der Waals surface area contributed by atoms with Gasteiger partial charge in [-0.05, 0) is 37.8 Å². The monoisotopic (exact) mass is 379 g/mol. The lowest BCUT2D eigenvalue weighted by Gasteiger charge is -2.32. The van der Waals surface area contributed by atoms with Crippen LogP contribution in [0.3, 0.4) is 0 Å². The van der Waals surface area contributed by atoms with E-state index in [1.807, 2.05) is 4.90 Å². The van der Waals surface area contributed by atoms with Crippen LogP contribution in [-0.4, -0.2) is 54.7 Å². The van der Waals surface area contributed by atoms with Crippen molar-refractivity contribution in [1.82, 2.24) is 14.2 Å². The lowest BCUT2D eigenvalue weighted by molar-refractivity contribution is -0.135. The number of benzene rings is 1. The molecule has 4 rings (SSSR count). The van der Waals surface area contributed by atoms with E-state index in [0.29, 0.717) is 31.4 Å². The Labute approximate surface area is 150 Å². The maximum absolute atomic E-state index is 12.9. The molecule has 1 N–H and O–H groups in total. The van der Waals surface area contributed by atoms with Gasteiger partial charge in [-0.1, -0.05) is 0 Å². The van der Waals surface area contributed by atoms with Crippen LogP contribution < -0.4 is 5.76 Å². The Morgan fingerprint density at radius 1 is 1.12 bits per heavy atom. The fourth-order valence-electron chi connectivity index (χ4n) is 3.77. The van der Waals surface area contributed by atoms with Crippen LogP contribution >= 0.6 is 0 Å². The molecule has 8 nitrogen and oxygen atoms in total. The highest BCUT2D eigenvalue weighted by atomic mass is 32.2. The number of aromatic nitrogens is 1. The first-order valence-corrected chi connectivity index (χ1v) is 10.3. The molecule has 2 fully saturated rings. The van der Waals surface area contributed by atoms with Gasteiger partial charge in [0.2, 0.25) is 15.9 Å². The Balaban J connectivity index is 1.48. The van der Waals surface area contributed by atoms with Gasteiger partial charge >= 0.3 is 5.76 Å². The number of piperidine rings is 1. The van der Waals surface area contributed by atoms with E-state index in [9.17, 15) is 18.0 Å². The summed E-state index contributed by atoms with van der Waals surface area (Å²) in [7, 11) is -3.68. The summed E-state index contributed by atoms with van der Waals surface area (Å²) in [6.07, 6.45) is 3.18. The van der Waals surface area contributed by atoms with E-state index in [2.05, 4.69) is 4.98 Å². The first-order chi connectivity index (χ1) is 12.4. The number of amides is 1. The van der Waals surface area contributed by atoms with Gasteiger partial charge < -0.3 is 9.32 Å². The van der Waals surface area contributed by atoms with Gasteiger partial charge in [-0.3, -0.25) is 9.78 Å². The zero-order chi connectivity index (χ0) is 18.3. The highest BCUT2D eigenvalue weighted by Crippen LogP contribution is 2.27. The fourth-order valence-corrected chi connectivity index (χ4v) is 5.26. The molecule has 0 spiro atoms. The second-order valence-corrected chi connectivity index (χ2v) is 8.82. The van der Waals surface area contributed by atoms with E-state index in [1.54, 1.807) is 0 Å². The molecular weight excluding hydrogens is 358 g/mol. The van der Waals surface area contributed by atoms with Crippen LogP contribution in [0, 0.1) is 5.92 Å². The van der Waals surface area contributed by atoms with Gasteiger partial charge in [0.05, 0.1) is 10.4 Å². The first-order valence-electron chi connectivity index (χ1n) is 8.87. The topological polar surface area (TPSA) is 104 Å². The summed E-state index contributed by atoms with van der Waals surface area (Å²) in [6, 6.07) is 4.35. The Hall–Kier alpha value is -2.13. The number of carbonyl (C=O) groups is 1. The van der Waals surface area contributed by atoms with Crippen molar-refractivity contribution in [2.24, 2.45) is 5.92 Å². The second-order valence-electron chi connectivity index (χ2n) is 6.88. The third-order valence-corrected chi connectivity index (χ3v) is 7.15. The molecule has 26 heavy (non-hydrogen) atoms. The van der Waals surface area contributed by atoms with Gasteiger partial charge in [0.25, 0.3) is 0 Å². The van der Waals surface area contributed by atoms with Crippen LogP contribution in [0.4, 0.5) is 0 Å². The van der Waals surface area contributed by atoms with Gasteiger partial charge in [0.1, 0.15) is 0 Å². The smallest absolute Gasteiger partial charge is 0.408 e.